The Bertz CT molecular complexity index is 765. The molecule has 1 amide bonds. The number of nitrogens with zero attached hydrogens (tertiary/aromatic N) is 1. The fraction of sp³-hybridized carbons (Fsp3) is 0.800. The Labute approximate surface area is 166 Å². The zero-order chi connectivity index (χ0) is 19.1. The summed E-state index contributed by atoms with van der Waals surface area (Å²) in [5.74, 6) is 2.79. The molecule has 4 saturated carbocycles. The van der Waals surface area contributed by atoms with Gasteiger partial charge in [-0.3, -0.25) is 4.79 Å². The summed E-state index contributed by atoms with van der Waals surface area (Å²) in [6.45, 7) is 2.24. The lowest BCUT2D eigenvalue weighted by Crippen LogP contribution is -2.45. The second kappa shape index (κ2) is 7.47. The molecule has 1 heterocycles. The maximum atomic E-state index is 12.2. The number of thiazole rings is 1. The van der Waals surface area contributed by atoms with E-state index in [1.165, 1.54) is 57.6 Å². The Morgan fingerprint density at radius 1 is 1.19 bits per heavy atom. The Balaban J connectivity index is 1.21. The first-order valence-electron chi connectivity index (χ1n) is 10.4. The highest BCUT2D eigenvalue weighted by atomic mass is 32.2. The van der Waals surface area contributed by atoms with Crippen molar-refractivity contribution in [2.24, 2.45) is 23.2 Å². The molecule has 4 fully saturated rings. The van der Waals surface area contributed by atoms with E-state index < -0.39 is 9.84 Å². The van der Waals surface area contributed by atoms with E-state index in [9.17, 15) is 13.2 Å². The SMILES string of the molecule is CCS(=O)(=O)c1ncc(C(=O)NCCCCC23CC4CC(CC(C4)C2)C3)s1. The van der Waals surface area contributed by atoms with Crippen molar-refractivity contribution < 1.29 is 13.2 Å². The number of carbonyl (C=O) groups is 1. The van der Waals surface area contributed by atoms with Crippen molar-refractivity contribution in [2.45, 2.75) is 69.1 Å². The molecule has 4 aliphatic rings. The van der Waals surface area contributed by atoms with E-state index in [2.05, 4.69) is 10.3 Å². The van der Waals surface area contributed by atoms with Gasteiger partial charge in [-0.25, -0.2) is 13.4 Å². The van der Waals surface area contributed by atoms with E-state index >= 15 is 0 Å². The third-order valence-electron chi connectivity index (χ3n) is 6.94. The number of hydrogen-bond acceptors (Lipinski definition) is 5. The minimum absolute atomic E-state index is 0.00585. The molecule has 0 saturated heterocycles. The molecule has 1 aromatic heterocycles. The van der Waals surface area contributed by atoms with Crippen LogP contribution in [0.25, 0.3) is 0 Å². The van der Waals surface area contributed by atoms with Crippen LogP contribution < -0.4 is 5.32 Å². The van der Waals surface area contributed by atoms with Gasteiger partial charge in [0.2, 0.25) is 14.2 Å². The predicted molar refractivity (Wildman–Crippen MR) is 107 cm³/mol. The van der Waals surface area contributed by atoms with Crippen LogP contribution in [0.2, 0.25) is 0 Å². The monoisotopic (exact) mass is 410 g/mol. The van der Waals surface area contributed by atoms with Gasteiger partial charge in [0.05, 0.1) is 11.9 Å². The van der Waals surface area contributed by atoms with E-state index in [-0.39, 0.29) is 16.0 Å². The summed E-state index contributed by atoms with van der Waals surface area (Å²) >= 11 is 0.964. The molecule has 0 radical (unpaired) electrons. The maximum Gasteiger partial charge on any atom is 0.263 e. The van der Waals surface area contributed by atoms with Crippen LogP contribution in [0.4, 0.5) is 0 Å². The first kappa shape index (κ1) is 19.4. The summed E-state index contributed by atoms with van der Waals surface area (Å²) in [5.41, 5.74) is 0.611. The lowest BCUT2D eigenvalue weighted by molar-refractivity contribution is -0.0582. The zero-order valence-electron chi connectivity index (χ0n) is 16.1. The van der Waals surface area contributed by atoms with Crippen molar-refractivity contribution in [3.63, 3.8) is 0 Å². The summed E-state index contributed by atoms with van der Waals surface area (Å²) in [5, 5.41) is 2.93. The van der Waals surface area contributed by atoms with Gasteiger partial charge in [-0.15, -0.1) is 0 Å². The molecule has 27 heavy (non-hydrogen) atoms. The highest BCUT2D eigenvalue weighted by Gasteiger charge is 2.50. The molecule has 4 bridgehead atoms. The largest absolute Gasteiger partial charge is 0.351 e. The molecule has 5 rings (SSSR count). The normalized spacial score (nSPS) is 32.0. The minimum atomic E-state index is -3.33. The quantitative estimate of drug-likeness (QED) is 0.656. The lowest BCUT2D eigenvalue weighted by Gasteiger charge is -2.57. The van der Waals surface area contributed by atoms with Gasteiger partial charge < -0.3 is 5.32 Å². The Morgan fingerprint density at radius 3 is 2.41 bits per heavy atom. The molecule has 0 atom stereocenters. The number of rotatable bonds is 8. The molecule has 0 spiro atoms. The van der Waals surface area contributed by atoms with Crippen molar-refractivity contribution in [3.05, 3.63) is 11.1 Å². The number of aromatic nitrogens is 1. The van der Waals surface area contributed by atoms with Gasteiger partial charge in [-0.1, -0.05) is 24.7 Å². The van der Waals surface area contributed by atoms with Crippen LogP contribution in [0, 0.1) is 23.2 Å². The molecular formula is C20H30N2O3S2. The van der Waals surface area contributed by atoms with Crippen LogP contribution in [0.5, 0.6) is 0 Å². The van der Waals surface area contributed by atoms with E-state index in [0.29, 0.717) is 16.8 Å². The second-order valence-electron chi connectivity index (χ2n) is 9.02. The first-order valence-corrected chi connectivity index (χ1v) is 12.8. The van der Waals surface area contributed by atoms with Crippen LogP contribution in [-0.2, 0) is 9.84 Å². The number of amides is 1. The number of sulfone groups is 1. The van der Waals surface area contributed by atoms with Gasteiger partial charge in [0, 0.05) is 6.54 Å². The molecule has 0 unspecified atom stereocenters. The summed E-state index contributed by atoms with van der Waals surface area (Å²) < 4.78 is 23.7. The van der Waals surface area contributed by atoms with Crippen LogP contribution in [0.1, 0.15) is 74.4 Å². The van der Waals surface area contributed by atoms with E-state index in [1.807, 2.05) is 0 Å². The Morgan fingerprint density at radius 2 is 1.81 bits per heavy atom. The summed E-state index contributed by atoms with van der Waals surface area (Å²) in [4.78, 5) is 16.5. The van der Waals surface area contributed by atoms with Crippen molar-refractivity contribution in [1.82, 2.24) is 10.3 Å². The second-order valence-corrected chi connectivity index (χ2v) is 12.5. The fourth-order valence-corrected chi connectivity index (χ4v) is 8.30. The fourth-order valence-electron chi connectivity index (χ4n) is 6.14. The molecule has 1 aromatic rings. The van der Waals surface area contributed by atoms with Gasteiger partial charge in [-0.2, -0.15) is 0 Å². The molecule has 7 heteroatoms. The first-order chi connectivity index (χ1) is 12.9. The average molecular weight is 411 g/mol. The van der Waals surface area contributed by atoms with Crippen LogP contribution >= 0.6 is 11.3 Å². The van der Waals surface area contributed by atoms with Crippen LogP contribution in [0.3, 0.4) is 0 Å². The Kier molecular flexibility index (Phi) is 5.36. The molecule has 5 nitrogen and oxygen atoms in total. The van der Waals surface area contributed by atoms with Gasteiger partial charge in [0.15, 0.2) is 0 Å². The maximum absolute atomic E-state index is 12.2. The summed E-state index contributed by atoms with van der Waals surface area (Å²) in [6, 6.07) is 0. The van der Waals surface area contributed by atoms with E-state index in [4.69, 9.17) is 0 Å². The standard InChI is InChI=1S/C20H30N2O3S2/c1-2-27(24,25)19-22-13-17(26-19)18(23)21-6-4-3-5-20-10-14-7-15(11-20)9-16(8-14)12-20/h13-16H,2-12H2,1H3,(H,21,23). The highest BCUT2D eigenvalue weighted by molar-refractivity contribution is 7.93. The molecule has 1 N–H and O–H groups in total. The summed E-state index contributed by atoms with van der Waals surface area (Å²) in [7, 11) is -3.33. The molecule has 150 valence electrons. The van der Waals surface area contributed by atoms with Crippen LogP contribution in [-0.4, -0.2) is 31.6 Å². The van der Waals surface area contributed by atoms with Gasteiger partial charge in [0.25, 0.3) is 5.91 Å². The number of hydrogen-bond donors (Lipinski definition) is 1. The minimum Gasteiger partial charge on any atom is -0.351 e. The molecule has 0 aromatic carbocycles. The van der Waals surface area contributed by atoms with Gasteiger partial charge in [-0.05, 0) is 74.5 Å². The van der Waals surface area contributed by atoms with Crippen molar-refractivity contribution in [3.8, 4) is 0 Å². The van der Waals surface area contributed by atoms with Crippen LogP contribution in [0.15, 0.2) is 10.5 Å². The summed E-state index contributed by atoms with van der Waals surface area (Å²) in [6.07, 6.45) is 13.6. The predicted octanol–water partition coefficient (Wildman–Crippen LogP) is 4.05. The van der Waals surface area contributed by atoms with Gasteiger partial charge >= 0.3 is 0 Å². The zero-order valence-corrected chi connectivity index (χ0v) is 17.7. The van der Waals surface area contributed by atoms with E-state index in [1.54, 1.807) is 6.92 Å². The lowest BCUT2D eigenvalue weighted by atomic mass is 9.48. The number of unbranched alkanes of at least 4 members (excludes halogenated alkanes) is 1. The van der Waals surface area contributed by atoms with Crippen molar-refractivity contribution >= 4 is 27.1 Å². The number of nitrogens with one attached hydrogen (secondary N) is 1. The highest BCUT2D eigenvalue weighted by Crippen LogP contribution is 2.61. The molecule has 4 aliphatic carbocycles. The number of carbonyl (C=O) groups excluding carboxylic acids is 1. The topological polar surface area (TPSA) is 76.1 Å². The third-order valence-corrected chi connectivity index (χ3v) is 10.1. The van der Waals surface area contributed by atoms with Crippen molar-refractivity contribution in [1.29, 1.82) is 0 Å². The average Bonchev–Trinajstić information content (AvgIpc) is 3.11. The Hall–Kier alpha value is -0.950. The third kappa shape index (κ3) is 4.09. The molecule has 0 aliphatic heterocycles. The smallest absolute Gasteiger partial charge is 0.263 e. The molecular weight excluding hydrogens is 380 g/mol. The van der Waals surface area contributed by atoms with Gasteiger partial charge in [0.1, 0.15) is 4.88 Å². The van der Waals surface area contributed by atoms with Crippen molar-refractivity contribution in [2.75, 3.05) is 12.3 Å². The van der Waals surface area contributed by atoms with E-state index in [0.717, 1.165) is 35.5 Å².